The maximum atomic E-state index is 13.2. The Morgan fingerprint density at radius 3 is 0.754 bits per heavy atom. The number of amides is 4. The molecule has 30 nitrogen and oxygen atoms in total. The maximum absolute atomic E-state index is 13.2. The van der Waals surface area contributed by atoms with E-state index in [2.05, 4.69) is 163 Å². The van der Waals surface area contributed by atoms with Crippen LogP contribution in [0.4, 0.5) is 23.8 Å². The molecule has 30 heteroatoms. The summed E-state index contributed by atoms with van der Waals surface area (Å²) in [6.07, 6.45) is 59.4. The van der Waals surface area contributed by atoms with E-state index in [1.165, 1.54) is 47.9 Å². The number of aliphatic hydroxyl groups excluding tert-OH is 4. The first-order chi connectivity index (χ1) is 68.9. The lowest BCUT2D eigenvalue weighted by molar-refractivity contribution is -0.141. The number of piperidine rings is 5. The summed E-state index contributed by atoms with van der Waals surface area (Å²) in [5, 5.41) is 58.8. The van der Waals surface area contributed by atoms with E-state index in [1.807, 2.05) is 24.8 Å². The fourth-order valence-electron chi connectivity index (χ4n) is 25.9. The summed E-state index contributed by atoms with van der Waals surface area (Å²) >= 11 is 0. The maximum Gasteiger partial charge on any atom is 0.228 e. The molecule has 12 fully saturated rings. The second-order valence-electron chi connectivity index (χ2n) is 45.7. The quantitative estimate of drug-likeness (QED) is 0.0226. The number of aliphatic hydroxyl groups is 4. The van der Waals surface area contributed by atoms with Gasteiger partial charge in [-0.3, -0.25) is 19.2 Å². The molecule has 0 aromatic carbocycles. The zero-order chi connectivity index (χ0) is 99.2. The van der Waals surface area contributed by atoms with Gasteiger partial charge in [-0.1, -0.05) is 79.1 Å². The van der Waals surface area contributed by atoms with Gasteiger partial charge in [0, 0.05) is 203 Å². The molecule has 6 aliphatic heterocycles. The van der Waals surface area contributed by atoms with Crippen LogP contribution in [-0.4, -0.2) is 273 Å². The van der Waals surface area contributed by atoms with Crippen LogP contribution >= 0.6 is 0 Å². The molecule has 20 rings (SSSR count). The molecule has 4 amide bonds. The van der Waals surface area contributed by atoms with Crippen LogP contribution in [0.3, 0.4) is 0 Å². The summed E-state index contributed by atoms with van der Waals surface area (Å²) in [4.78, 5) is 104. The molecule has 8 aromatic heterocycles. The lowest BCUT2D eigenvalue weighted by Gasteiger charge is -2.40. The van der Waals surface area contributed by atoms with E-state index in [0.29, 0.717) is 119 Å². The minimum atomic E-state index is -0.175. The average molecular weight is 1960 g/mol. The molecule has 6 aliphatic carbocycles. The van der Waals surface area contributed by atoms with E-state index in [9.17, 15) is 39.6 Å². The van der Waals surface area contributed by atoms with Crippen LogP contribution in [0.5, 0.6) is 0 Å². The molecule has 0 radical (unpaired) electrons. The van der Waals surface area contributed by atoms with Crippen molar-refractivity contribution in [3.63, 3.8) is 0 Å². The largest absolute Gasteiger partial charge is 0.393 e. The van der Waals surface area contributed by atoms with Crippen molar-refractivity contribution in [2.45, 2.75) is 421 Å². The Bertz CT molecular complexity index is 5370. The van der Waals surface area contributed by atoms with E-state index >= 15 is 0 Å². The highest BCUT2D eigenvalue weighted by molar-refractivity contribution is 5.86. The minimum Gasteiger partial charge on any atom is -0.393 e. The van der Waals surface area contributed by atoms with Gasteiger partial charge in [0.1, 0.15) is 22.6 Å². The SMILES string of the molecule is CCC[C@H](C)Nc1ncc2c(C3CCN(C(=O)C4CCC4)CC3)cn(C3CCC(O)CC3)c2n1.CCC[C@H](C)Nc1ncc2c(C3CCN(C(=O)C4CCCCC4)CC3)cn(C3CCC(O)CC3)c2n1.CCC[C@H](C)Nc1ncc2c(C3CCN(C(=O)C4CCN(C)CC4)CC3)cn(C3CCC(O)CC3)c2n1.CCC[C@H](C)Nc1ncc2c(C3CCN(C(=O)C4CN(C)C4)CC3)cn(C3CCC(O)CC3)c2n1. The molecular formula is C112H174N22O8. The number of carbonyl (C=O) groups excluding carboxylic acids is 4. The Morgan fingerprint density at radius 2 is 0.528 bits per heavy atom. The Kier molecular flexibility index (Phi) is 36.3. The zero-order valence-corrected chi connectivity index (χ0v) is 87.8. The van der Waals surface area contributed by atoms with Crippen molar-refractivity contribution < 1.29 is 39.6 Å². The molecule has 4 atom stereocenters. The van der Waals surface area contributed by atoms with Crippen LogP contribution in [0.25, 0.3) is 44.1 Å². The topological polar surface area (TPSA) is 340 Å². The predicted molar refractivity (Wildman–Crippen MR) is 565 cm³/mol. The summed E-state index contributed by atoms with van der Waals surface area (Å²) in [7, 11) is 4.22. The Morgan fingerprint density at radius 1 is 0.296 bits per heavy atom. The Hall–Kier alpha value is -8.68. The Balaban J connectivity index is 0.000000130. The van der Waals surface area contributed by atoms with Gasteiger partial charge in [-0.2, -0.15) is 19.9 Å². The summed E-state index contributed by atoms with van der Waals surface area (Å²) in [6.45, 7) is 28.2. The van der Waals surface area contributed by atoms with Crippen LogP contribution in [-0.2, 0) is 19.2 Å². The number of fused-ring (bicyclic) bond motifs is 4. The van der Waals surface area contributed by atoms with Crippen molar-refractivity contribution in [2.24, 2.45) is 23.7 Å². The lowest BCUT2D eigenvalue weighted by Crippen LogP contribution is -2.53. The van der Waals surface area contributed by atoms with Gasteiger partial charge in [0.25, 0.3) is 0 Å². The standard InChI is InChI=1S/C29H46N6O2.C29H45N5O2.C27H42N6O2.C27H41N5O2/c1-4-5-20(2)31-29-30-18-25-26(19-35(27(25)32-29)23-6-8-24(36)9-7-23)21-12-16-34(17-13-21)28(37)22-10-14-33(3)15-11-22;1-3-7-20(2)31-29-30-18-25-26(19-34(27(25)32-29)23-10-12-24(35)13-11-23)21-14-16-33(17-15-21)28(36)22-8-5-4-6-9-22;1-4-5-18(2)29-27-28-14-23-24(17-33(25(23)30-27)21-6-8-22(34)9-7-21)19-10-12-32(13-11-19)26(35)20-15-31(3)16-20;1-3-5-18(2)29-27-28-16-23-24(17-32(25(23)30-27)21-8-10-22(33)11-9-21)19-12-14-31(15-13-19)26(34)20-6-4-7-20/h18-24,36H,4-17H2,1-3H3,(H,30,31,32);18-24,35H,3-17H2,1-2H3,(H,30,31,32);14,17-22,34H,4-13,15-16H2,1-3H3,(H,28,29,30);16-22,33H,3-15H2,1-2H3,(H,28,29,30)/t2*20-,23?,24?;2*18-,21?,22?/m0000/s1. The van der Waals surface area contributed by atoms with Gasteiger partial charge < -0.3 is 89.4 Å². The highest BCUT2D eigenvalue weighted by Gasteiger charge is 2.41. The van der Waals surface area contributed by atoms with Gasteiger partial charge in [0.05, 0.1) is 30.3 Å². The molecule has 12 aliphatic rings. The first-order valence-corrected chi connectivity index (χ1v) is 56.7. The van der Waals surface area contributed by atoms with E-state index in [0.717, 1.165) is 367 Å². The number of nitrogens with one attached hydrogen (secondary N) is 4. The van der Waals surface area contributed by atoms with Crippen molar-refractivity contribution in [2.75, 3.05) is 114 Å². The van der Waals surface area contributed by atoms with Gasteiger partial charge in [-0.15, -0.1) is 0 Å². The number of anilines is 4. The third-order valence-corrected chi connectivity index (χ3v) is 34.9. The highest BCUT2D eigenvalue weighted by Crippen LogP contribution is 2.46. The molecule has 6 saturated carbocycles. The number of hydrogen-bond acceptors (Lipinski definition) is 22. The van der Waals surface area contributed by atoms with E-state index in [1.54, 1.807) is 0 Å². The first kappa shape index (κ1) is 105. The van der Waals surface area contributed by atoms with Gasteiger partial charge in [-0.25, -0.2) is 19.9 Å². The number of carbonyl (C=O) groups is 4. The zero-order valence-electron chi connectivity index (χ0n) is 87.8. The van der Waals surface area contributed by atoms with Crippen LogP contribution in [0.1, 0.15) is 395 Å². The van der Waals surface area contributed by atoms with Crippen LogP contribution in [0.15, 0.2) is 49.6 Å². The van der Waals surface area contributed by atoms with E-state index in [4.69, 9.17) is 39.9 Å². The van der Waals surface area contributed by atoms with Gasteiger partial charge in [0.2, 0.25) is 47.4 Å². The van der Waals surface area contributed by atoms with Crippen molar-refractivity contribution >= 4 is 91.6 Å². The van der Waals surface area contributed by atoms with Crippen LogP contribution < -0.4 is 21.3 Å². The number of nitrogens with zero attached hydrogens (tertiary/aromatic N) is 18. The molecule has 8 aromatic rings. The molecule has 0 spiro atoms. The van der Waals surface area contributed by atoms with E-state index < -0.39 is 0 Å². The first-order valence-electron chi connectivity index (χ1n) is 56.7. The van der Waals surface area contributed by atoms with Gasteiger partial charge in [0.15, 0.2) is 0 Å². The Labute approximate surface area is 844 Å². The molecule has 780 valence electrons. The molecule has 14 heterocycles. The summed E-state index contributed by atoms with van der Waals surface area (Å²) in [5.41, 5.74) is 9.41. The molecule has 0 unspecified atom stereocenters. The predicted octanol–water partition coefficient (Wildman–Crippen LogP) is 19.1. The molecule has 8 N–H and O–H groups in total. The number of likely N-dealkylation sites (tertiary alicyclic amines) is 6. The van der Waals surface area contributed by atoms with Gasteiger partial charge in [-0.05, 0) is 319 Å². The van der Waals surface area contributed by atoms with Crippen LogP contribution in [0, 0.1) is 23.7 Å². The highest BCUT2D eigenvalue weighted by atomic mass is 16.3. The lowest BCUT2D eigenvalue weighted by atomic mass is 9.83. The monoisotopic (exact) mass is 1960 g/mol. The fraction of sp³-hybridized carbons (Fsp3) is 0.750. The number of rotatable bonds is 28. The minimum absolute atomic E-state index is 0.170. The van der Waals surface area contributed by atoms with Crippen molar-refractivity contribution in [1.29, 1.82) is 0 Å². The fourth-order valence-corrected chi connectivity index (χ4v) is 25.9. The molecule has 6 saturated heterocycles. The van der Waals surface area contributed by atoms with E-state index in [-0.39, 0.29) is 48.1 Å². The van der Waals surface area contributed by atoms with Crippen molar-refractivity contribution in [3.05, 3.63) is 71.8 Å². The summed E-state index contributed by atoms with van der Waals surface area (Å²) in [5.74, 6) is 6.94. The van der Waals surface area contributed by atoms with Crippen molar-refractivity contribution in [1.82, 2.24) is 87.5 Å². The normalized spacial score (nSPS) is 25.4. The second kappa shape index (κ2) is 49.2. The smallest absolute Gasteiger partial charge is 0.228 e. The summed E-state index contributed by atoms with van der Waals surface area (Å²) < 4.78 is 9.51. The van der Waals surface area contributed by atoms with Crippen molar-refractivity contribution in [3.8, 4) is 0 Å². The molecule has 0 bridgehead atoms. The number of aromatic nitrogens is 12. The third kappa shape index (κ3) is 25.6. The van der Waals surface area contributed by atoms with Gasteiger partial charge >= 0.3 is 0 Å². The molecular weight excluding hydrogens is 1780 g/mol. The number of hydrogen-bond donors (Lipinski definition) is 8. The van der Waals surface area contributed by atoms with Crippen LogP contribution in [0.2, 0.25) is 0 Å². The molecule has 142 heavy (non-hydrogen) atoms. The summed E-state index contributed by atoms with van der Waals surface area (Å²) in [6, 6.07) is 2.82. The third-order valence-electron chi connectivity index (χ3n) is 34.9. The second-order valence-corrected chi connectivity index (χ2v) is 45.7. The average Bonchev–Trinajstić information content (AvgIpc) is 1.63.